The molecule has 26 heavy (non-hydrogen) atoms. The van der Waals surface area contributed by atoms with Crippen molar-refractivity contribution in [1.82, 2.24) is 10.2 Å². The molecule has 0 bridgehead atoms. The third-order valence-corrected chi connectivity index (χ3v) is 5.00. The first-order valence-corrected chi connectivity index (χ1v) is 9.81. The Hall–Kier alpha value is -1.37. The van der Waals surface area contributed by atoms with Crippen LogP contribution in [0.25, 0.3) is 0 Å². The van der Waals surface area contributed by atoms with Gasteiger partial charge in [-0.2, -0.15) is 0 Å². The van der Waals surface area contributed by atoms with E-state index in [0.29, 0.717) is 16.7 Å². The Bertz CT molecular complexity index is 656. The summed E-state index contributed by atoms with van der Waals surface area (Å²) in [4.78, 5) is 15.5. The van der Waals surface area contributed by atoms with Crippen LogP contribution in [-0.4, -0.2) is 54.2 Å². The lowest BCUT2D eigenvalue weighted by Crippen LogP contribution is -3.16. The van der Waals surface area contributed by atoms with Gasteiger partial charge in [0.15, 0.2) is 11.7 Å². The zero-order valence-corrected chi connectivity index (χ0v) is 17.9. The van der Waals surface area contributed by atoms with E-state index in [1.807, 2.05) is 40.7 Å². The Morgan fingerprint density at radius 2 is 1.88 bits per heavy atom. The van der Waals surface area contributed by atoms with Crippen LogP contribution < -0.4 is 15.5 Å². The second-order valence-electron chi connectivity index (χ2n) is 8.08. The zero-order valence-electron chi connectivity index (χ0n) is 16.3. The molecule has 1 fully saturated rings. The summed E-state index contributed by atoms with van der Waals surface area (Å²) in [6.45, 7) is 14.0. The van der Waals surface area contributed by atoms with Gasteiger partial charge in [-0.15, -0.1) is 0 Å². The topological polar surface area (TPSA) is 48.8 Å². The Morgan fingerprint density at radius 1 is 1.27 bits per heavy atom. The maximum Gasteiger partial charge on any atom is 0.275 e. The number of thiocarbonyl (C=S) groups is 1. The third-order valence-electron chi connectivity index (χ3n) is 4.35. The Balaban J connectivity index is 1.86. The van der Waals surface area contributed by atoms with Crippen molar-refractivity contribution < 1.29 is 9.69 Å². The van der Waals surface area contributed by atoms with Crippen LogP contribution >= 0.6 is 23.8 Å². The van der Waals surface area contributed by atoms with E-state index in [4.69, 9.17) is 23.8 Å². The minimum Gasteiger partial charge on any atom is -0.347 e. The van der Waals surface area contributed by atoms with Crippen molar-refractivity contribution in [1.29, 1.82) is 0 Å². The summed E-state index contributed by atoms with van der Waals surface area (Å²) in [6, 6.07) is 4.03. The SMILES string of the molecule is Cc1cc(C)c(NC(=S)N2CC[NH+](CC(=O)NC(C)(C)C)CC2)c(Cl)c1. The Morgan fingerprint density at radius 3 is 2.42 bits per heavy atom. The molecule has 5 nitrogen and oxygen atoms in total. The van der Waals surface area contributed by atoms with Crippen molar-refractivity contribution in [2.45, 2.75) is 40.2 Å². The molecular formula is C19H30ClN4OS+. The fourth-order valence-corrected chi connectivity index (χ4v) is 3.81. The average molecular weight is 398 g/mol. The normalized spacial score (nSPS) is 15.7. The molecule has 7 heteroatoms. The number of anilines is 1. The monoisotopic (exact) mass is 397 g/mol. The van der Waals surface area contributed by atoms with Gasteiger partial charge < -0.3 is 20.4 Å². The number of nitrogens with zero attached hydrogens (tertiary/aromatic N) is 1. The lowest BCUT2D eigenvalue weighted by molar-refractivity contribution is -0.895. The number of nitrogens with one attached hydrogen (secondary N) is 3. The van der Waals surface area contributed by atoms with Crippen LogP contribution in [0.5, 0.6) is 0 Å². The highest BCUT2D eigenvalue weighted by atomic mass is 35.5. The van der Waals surface area contributed by atoms with Crippen molar-refractivity contribution in [3.8, 4) is 0 Å². The summed E-state index contributed by atoms with van der Waals surface area (Å²) in [5.41, 5.74) is 2.91. The number of halogens is 1. The molecule has 144 valence electrons. The quantitative estimate of drug-likeness (QED) is 0.680. The molecule has 0 unspecified atom stereocenters. The number of carbonyl (C=O) groups is 1. The van der Waals surface area contributed by atoms with Gasteiger partial charge in [-0.05, 0) is 64.0 Å². The third kappa shape index (κ3) is 6.11. The number of quaternary nitrogens is 1. The molecule has 0 aliphatic carbocycles. The number of hydrogen-bond donors (Lipinski definition) is 3. The molecule has 1 aromatic rings. The maximum absolute atomic E-state index is 12.1. The number of aryl methyl sites for hydroxylation is 2. The maximum atomic E-state index is 12.1. The van der Waals surface area contributed by atoms with Gasteiger partial charge in [0.2, 0.25) is 0 Å². The van der Waals surface area contributed by atoms with Gasteiger partial charge in [-0.25, -0.2) is 0 Å². The zero-order chi connectivity index (χ0) is 19.5. The fourth-order valence-electron chi connectivity index (χ4n) is 3.15. The number of carbonyl (C=O) groups excluding carboxylic acids is 1. The molecule has 2 rings (SSSR count). The van der Waals surface area contributed by atoms with E-state index < -0.39 is 0 Å². The van der Waals surface area contributed by atoms with Gasteiger partial charge in [-0.3, -0.25) is 4.79 Å². The average Bonchev–Trinajstić information content (AvgIpc) is 2.49. The second kappa shape index (κ2) is 8.55. The first-order chi connectivity index (χ1) is 12.0. The van der Waals surface area contributed by atoms with E-state index in [0.717, 1.165) is 43.0 Å². The summed E-state index contributed by atoms with van der Waals surface area (Å²) in [5.74, 6) is 0.101. The van der Waals surface area contributed by atoms with Crippen LogP contribution in [0.2, 0.25) is 5.02 Å². The highest BCUT2D eigenvalue weighted by Crippen LogP contribution is 2.27. The molecule has 0 saturated carbocycles. The number of piperazine rings is 1. The van der Waals surface area contributed by atoms with Crippen molar-refractivity contribution >= 4 is 40.5 Å². The molecule has 1 heterocycles. The fraction of sp³-hybridized carbons (Fsp3) is 0.579. The summed E-state index contributed by atoms with van der Waals surface area (Å²) < 4.78 is 0. The summed E-state index contributed by atoms with van der Waals surface area (Å²) in [7, 11) is 0. The van der Waals surface area contributed by atoms with Gasteiger partial charge in [0.05, 0.1) is 36.9 Å². The molecule has 0 spiro atoms. The second-order valence-corrected chi connectivity index (χ2v) is 8.87. The largest absolute Gasteiger partial charge is 0.347 e. The molecule has 1 aromatic carbocycles. The van der Waals surface area contributed by atoms with E-state index in [2.05, 4.69) is 21.6 Å². The van der Waals surface area contributed by atoms with Crippen molar-refractivity contribution in [3.05, 3.63) is 28.3 Å². The van der Waals surface area contributed by atoms with Gasteiger partial charge in [-0.1, -0.05) is 17.7 Å². The predicted molar refractivity (Wildman–Crippen MR) is 112 cm³/mol. The predicted octanol–water partition coefficient (Wildman–Crippen LogP) is 1.77. The van der Waals surface area contributed by atoms with Gasteiger partial charge in [0.25, 0.3) is 5.91 Å². The van der Waals surface area contributed by atoms with Gasteiger partial charge in [0.1, 0.15) is 0 Å². The minimum atomic E-state index is -0.186. The van der Waals surface area contributed by atoms with Crippen LogP contribution in [0.3, 0.4) is 0 Å². The van der Waals surface area contributed by atoms with E-state index in [1.165, 1.54) is 4.90 Å². The van der Waals surface area contributed by atoms with E-state index in [9.17, 15) is 4.79 Å². The Labute approximate surface area is 167 Å². The molecule has 3 N–H and O–H groups in total. The van der Waals surface area contributed by atoms with Crippen molar-refractivity contribution in [2.24, 2.45) is 0 Å². The summed E-state index contributed by atoms with van der Waals surface area (Å²) in [5, 5.41) is 7.70. The van der Waals surface area contributed by atoms with Crippen molar-refractivity contribution in [3.63, 3.8) is 0 Å². The Kier molecular flexibility index (Phi) is 6.88. The molecular weight excluding hydrogens is 368 g/mol. The lowest BCUT2D eigenvalue weighted by atomic mass is 10.1. The number of benzene rings is 1. The lowest BCUT2D eigenvalue weighted by Gasteiger charge is -2.34. The molecule has 0 atom stereocenters. The van der Waals surface area contributed by atoms with Crippen LogP contribution in [-0.2, 0) is 4.79 Å². The van der Waals surface area contributed by atoms with Crippen LogP contribution in [0, 0.1) is 13.8 Å². The summed E-state index contributed by atoms with van der Waals surface area (Å²) >= 11 is 11.9. The van der Waals surface area contributed by atoms with E-state index in [-0.39, 0.29) is 11.4 Å². The molecule has 1 aliphatic rings. The minimum absolute atomic E-state index is 0.101. The van der Waals surface area contributed by atoms with Crippen LogP contribution in [0.15, 0.2) is 12.1 Å². The number of rotatable bonds is 3. The smallest absolute Gasteiger partial charge is 0.275 e. The molecule has 0 aromatic heterocycles. The molecule has 1 saturated heterocycles. The summed E-state index contributed by atoms with van der Waals surface area (Å²) in [6.07, 6.45) is 0. The van der Waals surface area contributed by atoms with Crippen molar-refractivity contribution in [2.75, 3.05) is 38.0 Å². The highest BCUT2D eigenvalue weighted by Gasteiger charge is 2.25. The number of hydrogen-bond acceptors (Lipinski definition) is 2. The first-order valence-electron chi connectivity index (χ1n) is 9.02. The first kappa shape index (κ1) is 20.9. The van der Waals surface area contributed by atoms with E-state index in [1.54, 1.807) is 0 Å². The van der Waals surface area contributed by atoms with Crippen LogP contribution in [0.1, 0.15) is 31.9 Å². The van der Waals surface area contributed by atoms with Gasteiger partial charge in [0, 0.05) is 5.54 Å². The standard InChI is InChI=1S/C19H29ClN4OS/c1-13-10-14(2)17(15(20)11-13)21-18(26)24-8-6-23(7-9-24)12-16(25)22-19(3,4)5/h10-11H,6-9,12H2,1-5H3,(H,21,26)(H,22,25)/p+1. The molecule has 0 radical (unpaired) electrons. The molecule has 1 aliphatic heterocycles. The van der Waals surface area contributed by atoms with E-state index >= 15 is 0 Å². The van der Waals surface area contributed by atoms with Crippen LogP contribution in [0.4, 0.5) is 5.69 Å². The highest BCUT2D eigenvalue weighted by molar-refractivity contribution is 7.80. The number of amides is 1. The van der Waals surface area contributed by atoms with Gasteiger partial charge >= 0.3 is 0 Å². The molecule has 1 amide bonds.